The molecule has 1 aliphatic heterocycles. The third kappa shape index (κ3) is 2.56. The van der Waals surface area contributed by atoms with Gasteiger partial charge in [-0.05, 0) is 36.5 Å². The molecule has 0 bridgehead atoms. The SMILES string of the molecule is O=C(O)CC(c1cc2c(cc1F)COCO2)C1CC1. The second-order valence-electron chi connectivity index (χ2n) is 5.13. The molecule has 1 aromatic rings. The maximum Gasteiger partial charge on any atom is 0.303 e. The number of benzene rings is 1. The first-order chi connectivity index (χ1) is 9.15. The molecule has 1 saturated carbocycles. The standard InChI is InChI=1S/C14H15FO4/c15-12-3-9-6-18-7-19-13(9)4-11(12)10(5-14(16)17)8-1-2-8/h3-4,8,10H,1-2,5-7H2,(H,16,17). The third-order valence-electron chi connectivity index (χ3n) is 3.72. The fourth-order valence-corrected chi connectivity index (χ4v) is 2.62. The summed E-state index contributed by atoms with van der Waals surface area (Å²) in [6.45, 7) is 0.491. The zero-order chi connectivity index (χ0) is 13.4. The molecule has 1 aromatic carbocycles. The summed E-state index contributed by atoms with van der Waals surface area (Å²) >= 11 is 0. The Morgan fingerprint density at radius 3 is 2.95 bits per heavy atom. The molecule has 0 radical (unpaired) electrons. The lowest BCUT2D eigenvalue weighted by molar-refractivity contribution is -0.137. The molecule has 3 rings (SSSR count). The van der Waals surface area contributed by atoms with Gasteiger partial charge < -0.3 is 14.6 Å². The van der Waals surface area contributed by atoms with Crippen LogP contribution in [0.15, 0.2) is 12.1 Å². The first-order valence-corrected chi connectivity index (χ1v) is 6.40. The Labute approximate surface area is 110 Å². The lowest BCUT2D eigenvalue weighted by Crippen LogP contribution is -2.15. The van der Waals surface area contributed by atoms with Gasteiger partial charge in [0.15, 0.2) is 6.79 Å². The van der Waals surface area contributed by atoms with Crippen molar-refractivity contribution in [3.63, 3.8) is 0 Å². The van der Waals surface area contributed by atoms with E-state index < -0.39 is 5.97 Å². The van der Waals surface area contributed by atoms with Gasteiger partial charge in [-0.2, -0.15) is 0 Å². The van der Waals surface area contributed by atoms with Crippen LogP contribution < -0.4 is 4.74 Å². The van der Waals surface area contributed by atoms with Crippen molar-refractivity contribution in [2.45, 2.75) is 31.8 Å². The Bertz CT molecular complexity index is 510. The van der Waals surface area contributed by atoms with Gasteiger partial charge in [-0.1, -0.05) is 0 Å². The van der Waals surface area contributed by atoms with E-state index in [1.54, 1.807) is 6.07 Å². The van der Waals surface area contributed by atoms with Gasteiger partial charge in [0, 0.05) is 11.5 Å². The summed E-state index contributed by atoms with van der Waals surface area (Å²) in [4.78, 5) is 10.9. The van der Waals surface area contributed by atoms with Gasteiger partial charge in [-0.15, -0.1) is 0 Å². The molecule has 19 heavy (non-hydrogen) atoms. The Hall–Kier alpha value is -1.62. The molecule has 0 spiro atoms. The molecule has 1 atom stereocenters. The van der Waals surface area contributed by atoms with Crippen LogP contribution in [-0.2, 0) is 16.1 Å². The van der Waals surface area contributed by atoms with Crippen molar-refractivity contribution in [1.29, 1.82) is 0 Å². The number of carbonyl (C=O) groups is 1. The number of halogens is 1. The summed E-state index contributed by atoms with van der Waals surface area (Å²) in [5.41, 5.74) is 1.14. The molecule has 0 amide bonds. The van der Waals surface area contributed by atoms with Crippen molar-refractivity contribution < 1.29 is 23.8 Å². The summed E-state index contributed by atoms with van der Waals surface area (Å²) in [7, 11) is 0. The van der Waals surface area contributed by atoms with E-state index in [2.05, 4.69) is 0 Å². The molecule has 4 nitrogen and oxygen atoms in total. The fourth-order valence-electron chi connectivity index (χ4n) is 2.62. The van der Waals surface area contributed by atoms with E-state index in [1.807, 2.05) is 0 Å². The Kier molecular flexibility index (Phi) is 3.14. The molecular weight excluding hydrogens is 251 g/mol. The summed E-state index contributed by atoms with van der Waals surface area (Å²) in [5, 5.41) is 8.98. The van der Waals surface area contributed by atoms with Crippen LogP contribution in [0.1, 0.15) is 36.3 Å². The highest BCUT2D eigenvalue weighted by Crippen LogP contribution is 2.46. The largest absolute Gasteiger partial charge is 0.481 e. The maximum atomic E-state index is 14.2. The van der Waals surface area contributed by atoms with Gasteiger partial charge in [0.2, 0.25) is 0 Å². The Balaban J connectivity index is 1.95. The number of ether oxygens (including phenoxy) is 2. The summed E-state index contributed by atoms with van der Waals surface area (Å²) < 4.78 is 24.6. The van der Waals surface area contributed by atoms with Crippen LogP contribution in [0.3, 0.4) is 0 Å². The molecule has 1 N–H and O–H groups in total. The Morgan fingerprint density at radius 2 is 2.26 bits per heavy atom. The molecule has 1 unspecified atom stereocenters. The number of carboxylic acids is 1. The van der Waals surface area contributed by atoms with Gasteiger partial charge in [0.05, 0.1) is 13.0 Å². The van der Waals surface area contributed by atoms with Gasteiger partial charge in [-0.25, -0.2) is 4.39 Å². The molecular formula is C14H15FO4. The minimum atomic E-state index is -0.890. The summed E-state index contributed by atoms with van der Waals surface area (Å²) in [5.74, 6) is -0.610. The predicted molar refractivity (Wildman–Crippen MR) is 64.4 cm³/mol. The second-order valence-corrected chi connectivity index (χ2v) is 5.13. The van der Waals surface area contributed by atoms with Crippen molar-refractivity contribution in [1.82, 2.24) is 0 Å². The molecule has 2 aliphatic rings. The van der Waals surface area contributed by atoms with Crippen molar-refractivity contribution in [2.75, 3.05) is 6.79 Å². The first-order valence-electron chi connectivity index (χ1n) is 6.40. The molecule has 102 valence electrons. The molecule has 1 aliphatic carbocycles. The monoisotopic (exact) mass is 266 g/mol. The maximum absolute atomic E-state index is 14.2. The van der Waals surface area contributed by atoms with Gasteiger partial charge in [-0.3, -0.25) is 4.79 Å². The van der Waals surface area contributed by atoms with E-state index in [4.69, 9.17) is 14.6 Å². The Morgan fingerprint density at radius 1 is 1.47 bits per heavy atom. The number of hydrogen-bond donors (Lipinski definition) is 1. The average molecular weight is 266 g/mol. The molecule has 1 fully saturated rings. The van der Waals surface area contributed by atoms with E-state index in [1.165, 1.54) is 6.07 Å². The zero-order valence-corrected chi connectivity index (χ0v) is 10.4. The highest BCUT2D eigenvalue weighted by Gasteiger charge is 2.36. The van der Waals surface area contributed by atoms with Gasteiger partial charge in [0.1, 0.15) is 11.6 Å². The number of fused-ring (bicyclic) bond motifs is 1. The predicted octanol–water partition coefficient (Wildman–Crippen LogP) is 2.66. The van der Waals surface area contributed by atoms with Crippen molar-refractivity contribution in [3.05, 3.63) is 29.1 Å². The normalized spacial score (nSPS) is 19.4. The van der Waals surface area contributed by atoms with Crippen LogP contribution >= 0.6 is 0 Å². The third-order valence-corrected chi connectivity index (χ3v) is 3.72. The van der Waals surface area contributed by atoms with Crippen molar-refractivity contribution in [2.24, 2.45) is 5.92 Å². The molecule has 0 aromatic heterocycles. The minimum absolute atomic E-state index is 0.0309. The van der Waals surface area contributed by atoms with Crippen molar-refractivity contribution >= 4 is 5.97 Å². The number of carboxylic acid groups (broad SMARTS) is 1. The first kappa shape index (κ1) is 12.4. The van der Waals surface area contributed by atoms with Crippen LogP contribution in [0.4, 0.5) is 4.39 Å². The number of hydrogen-bond acceptors (Lipinski definition) is 3. The van der Waals surface area contributed by atoms with Crippen LogP contribution in [0, 0.1) is 11.7 Å². The summed E-state index contributed by atoms with van der Waals surface area (Å²) in [6.07, 6.45) is 1.91. The van der Waals surface area contributed by atoms with Crippen LogP contribution in [0.5, 0.6) is 5.75 Å². The lowest BCUT2D eigenvalue weighted by Gasteiger charge is -2.22. The zero-order valence-electron chi connectivity index (χ0n) is 10.4. The van der Waals surface area contributed by atoms with Crippen LogP contribution in [-0.4, -0.2) is 17.9 Å². The van der Waals surface area contributed by atoms with E-state index in [0.29, 0.717) is 23.5 Å². The molecule has 1 heterocycles. The van der Waals surface area contributed by atoms with Crippen molar-refractivity contribution in [3.8, 4) is 5.75 Å². The van der Waals surface area contributed by atoms with E-state index in [0.717, 1.165) is 12.8 Å². The van der Waals surface area contributed by atoms with Crippen LogP contribution in [0.25, 0.3) is 0 Å². The fraction of sp³-hybridized carbons (Fsp3) is 0.500. The topological polar surface area (TPSA) is 55.8 Å². The number of aliphatic carboxylic acids is 1. The van der Waals surface area contributed by atoms with Gasteiger partial charge >= 0.3 is 5.97 Å². The van der Waals surface area contributed by atoms with E-state index in [9.17, 15) is 9.18 Å². The summed E-state index contributed by atoms with van der Waals surface area (Å²) in [6, 6.07) is 3.06. The quantitative estimate of drug-likeness (QED) is 0.910. The average Bonchev–Trinajstić information content (AvgIpc) is 3.19. The van der Waals surface area contributed by atoms with E-state index >= 15 is 0 Å². The molecule has 5 heteroatoms. The van der Waals surface area contributed by atoms with E-state index in [-0.39, 0.29) is 30.9 Å². The minimum Gasteiger partial charge on any atom is -0.481 e. The highest BCUT2D eigenvalue weighted by molar-refractivity contribution is 5.68. The molecule has 0 saturated heterocycles. The smallest absolute Gasteiger partial charge is 0.303 e. The second kappa shape index (κ2) is 4.81. The number of rotatable bonds is 4. The highest BCUT2D eigenvalue weighted by atomic mass is 19.1. The van der Waals surface area contributed by atoms with Crippen LogP contribution in [0.2, 0.25) is 0 Å². The van der Waals surface area contributed by atoms with Gasteiger partial charge in [0.25, 0.3) is 0 Å². The lowest BCUT2D eigenvalue weighted by atomic mass is 9.89.